The van der Waals surface area contributed by atoms with Crippen molar-refractivity contribution in [3.8, 4) is 0 Å². The number of carbonyl (C=O) groups excluding carboxylic acids is 1. The molecule has 0 radical (unpaired) electrons. The first kappa shape index (κ1) is 15.9. The van der Waals surface area contributed by atoms with Gasteiger partial charge in [-0.15, -0.1) is 0 Å². The lowest BCUT2D eigenvalue weighted by molar-refractivity contribution is -0.403. The number of non-ortho nitro benzene ring substituents is 1. The zero-order valence-corrected chi connectivity index (χ0v) is 10.2. The van der Waals surface area contributed by atoms with E-state index >= 15 is 0 Å². The molecule has 0 aromatic heterocycles. The van der Waals surface area contributed by atoms with Crippen LogP contribution in [0.2, 0.25) is 0 Å². The van der Waals surface area contributed by atoms with Crippen LogP contribution in [0.15, 0.2) is 12.1 Å². The van der Waals surface area contributed by atoms with Gasteiger partial charge in [-0.25, -0.2) is 0 Å². The molecule has 0 atom stereocenters. The first-order valence-corrected chi connectivity index (χ1v) is 5.29. The van der Waals surface area contributed by atoms with E-state index < -0.39 is 49.9 Å². The average molecular weight is 300 g/mol. The summed E-state index contributed by atoms with van der Waals surface area (Å²) in [6.07, 6.45) is 0. The van der Waals surface area contributed by atoms with Crippen LogP contribution < -0.4 is 5.32 Å². The smallest absolute Gasteiger partial charge is 0.296 e. The largest absolute Gasteiger partial charge is 0.395 e. The summed E-state index contributed by atoms with van der Waals surface area (Å²) >= 11 is 0. The molecule has 0 fully saturated rings. The van der Waals surface area contributed by atoms with Crippen molar-refractivity contribution in [1.82, 2.24) is 5.32 Å². The molecule has 0 aliphatic carbocycles. The molecule has 12 heteroatoms. The summed E-state index contributed by atoms with van der Waals surface area (Å²) in [5.41, 5.74) is -3.92. The third-order valence-electron chi connectivity index (χ3n) is 2.31. The lowest BCUT2D eigenvalue weighted by Gasteiger charge is -2.05. The van der Waals surface area contributed by atoms with Gasteiger partial charge in [0.2, 0.25) is 0 Å². The number of nitro benzene ring substituents is 3. The van der Waals surface area contributed by atoms with E-state index in [0.29, 0.717) is 12.1 Å². The van der Waals surface area contributed by atoms with Gasteiger partial charge in [0.1, 0.15) is 0 Å². The molecular formula is C9H8N4O8. The van der Waals surface area contributed by atoms with Crippen molar-refractivity contribution < 1.29 is 24.7 Å². The Balaban J connectivity index is 3.57. The molecule has 112 valence electrons. The maximum Gasteiger partial charge on any atom is 0.296 e. The third-order valence-corrected chi connectivity index (χ3v) is 2.31. The average Bonchev–Trinajstić information content (AvgIpc) is 2.42. The van der Waals surface area contributed by atoms with E-state index in [0.717, 1.165) is 0 Å². The van der Waals surface area contributed by atoms with Crippen LogP contribution >= 0.6 is 0 Å². The Bertz CT molecular complexity index is 593. The van der Waals surface area contributed by atoms with Gasteiger partial charge in [-0.05, 0) is 0 Å². The fourth-order valence-electron chi connectivity index (χ4n) is 1.48. The minimum atomic E-state index is -1.18. The van der Waals surface area contributed by atoms with Crippen LogP contribution in [0.5, 0.6) is 0 Å². The molecule has 1 aromatic rings. The topological polar surface area (TPSA) is 179 Å². The maximum atomic E-state index is 11.7. The Morgan fingerprint density at radius 2 is 1.52 bits per heavy atom. The van der Waals surface area contributed by atoms with E-state index in [4.69, 9.17) is 5.11 Å². The molecule has 1 aromatic carbocycles. The van der Waals surface area contributed by atoms with Crippen LogP contribution in [-0.2, 0) is 0 Å². The Hall–Kier alpha value is -3.15. The predicted octanol–water partition coefficient (Wildman–Crippen LogP) is 0.133. The minimum absolute atomic E-state index is 0.288. The van der Waals surface area contributed by atoms with Crippen molar-refractivity contribution in [2.75, 3.05) is 13.2 Å². The number of benzene rings is 1. The van der Waals surface area contributed by atoms with E-state index in [1.165, 1.54) is 0 Å². The molecule has 2 N–H and O–H groups in total. The molecule has 0 heterocycles. The zero-order chi connectivity index (χ0) is 16.2. The van der Waals surface area contributed by atoms with Gasteiger partial charge in [-0.3, -0.25) is 35.1 Å². The molecule has 0 saturated carbocycles. The predicted molar refractivity (Wildman–Crippen MR) is 65.8 cm³/mol. The number of nitrogens with zero attached hydrogens (tertiary/aromatic N) is 3. The molecular weight excluding hydrogens is 292 g/mol. The Kier molecular flexibility index (Phi) is 4.80. The van der Waals surface area contributed by atoms with Crippen molar-refractivity contribution in [3.63, 3.8) is 0 Å². The van der Waals surface area contributed by atoms with Gasteiger partial charge in [0.05, 0.1) is 33.5 Å². The van der Waals surface area contributed by atoms with Gasteiger partial charge in [0.25, 0.3) is 23.0 Å². The van der Waals surface area contributed by atoms with Crippen LogP contribution in [0.3, 0.4) is 0 Å². The Morgan fingerprint density at radius 1 is 1.05 bits per heavy atom. The summed E-state index contributed by atoms with van der Waals surface area (Å²) in [6.45, 7) is -0.773. The molecule has 1 rings (SSSR count). The van der Waals surface area contributed by atoms with E-state index in [1.54, 1.807) is 0 Å². The van der Waals surface area contributed by atoms with E-state index in [2.05, 4.69) is 0 Å². The Morgan fingerprint density at radius 3 is 1.86 bits per heavy atom. The van der Waals surface area contributed by atoms with Gasteiger partial charge in [0, 0.05) is 6.54 Å². The summed E-state index contributed by atoms with van der Waals surface area (Å²) in [7, 11) is 0. The zero-order valence-electron chi connectivity index (χ0n) is 10.2. The molecule has 0 aliphatic rings. The number of nitrogens with one attached hydrogen (secondary N) is 1. The molecule has 0 unspecified atom stereocenters. The van der Waals surface area contributed by atoms with Gasteiger partial charge < -0.3 is 10.4 Å². The number of amides is 1. The quantitative estimate of drug-likeness (QED) is 0.549. The number of hydrogen-bond donors (Lipinski definition) is 2. The summed E-state index contributed by atoms with van der Waals surface area (Å²) in [4.78, 5) is 40.8. The monoisotopic (exact) mass is 300 g/mol. The van der Waals surface area contributed by atoms with Crippen molar-refractivity contribution in [1.29, 1.82) is 0 Å². The standard InChI is InChI=1S/C9H8N4O8/c14-2-1-10-9(15)8-6(12(18)19)3-5(11(16)17)4-7(8)13(20)21/h3-4,14H,1-2H2,(H,10,15). The maximum absolute atomic E-state index is 11.7. The van der Waals surface area contributed by atoms with Crippen LogP contribution in [0, 0.1) is 30.3 Å². The Labute approximate surface area is 115 Å². The SMILES string of the molecule is O=C(NCCO)c1c([N+](=O)[O-])cc([N+](=O)[O-])cc1[N+](=O)[O-]. The number of hydrogen-bond acceptors (Lipinski definition) is 8. The minimum Gasteiger partial charge on any atom is -0.395 e. The molecule has 0 spiro atoms. The molecule has 21 heavy (non-hydrogen) atoms. The van der Waals surface area contributed by atoms with Gasteiger partial charge >= 0.3 is 0 Å². The van der Waals surface area contributed by atoms with Crippen LogP contribution in [0.1, 0.15) is 10.4 Å². The van der Waals surface area contributed by atoms with Gasteiger partial charge in [-0.1, -0.05) is 0 Å². The normalized spacial score (nSPS) is 9.95. The van der Waals surface area contributed by atoms with Crippen molar-refractivity contribution in [3.05, 3.63) is 48.0 Å². The highest BCUT2D eigenvalue weighted by atomic mass is 16.6. The second-order valence-corrected chi connectivity index (χ2v) is 3.61. The molecule has 0 aliphatic heterocycles. The third kappa shape index (κ3) is 3.44. The molecule has 1 amide bonds. The number of rotatable bonds is 6. The lowest BCUT2D eigenvalue weighted by atomic mass is 10.1. The van der Waals surface area contributed by atoms with E-state index in [-0.39, 0.29) is 6.54 Å². The highest BCUT2D eigenvalue weighted by Crippen LogP contribution is 2.33. The first-order chi connectivity index (χ1) is 9.79. The summed E-state index contributed by atoms with van der Waals surface area (Å²) in [5, 5.41) is 43.0. The second kappa shape index (κ2) is 6.33. The summed E-state index contributed by atoms with van der Waals surface area (Å²) in [5.74, 6) is -1.18. The number of carbonyl (C=O) groups is 1. The molecule has 0 bridgehead atoms. The number of aliphatic hydroxyl groups is 1. The fourth-order valence-corrected chi connectivity index (χ4v) is 1.48. The number of nitro groups is 3. The van der Waals surface area contributed by atoms with Crippen molar-refractivity contribution >= 4 is 23.0 Å². The van der Waals surface area contributed by atoms with E-state index in [9.17, 15) is 35.1 Å². The highest BCUT2D eigenvalue weighted by molar-refractivity contribution is 6.02. The fraction of sp³-hybridized carbons (Fsp3) is 0.222. The van der Waals surface area contributed by atoms with Gasteiger partial charge in [-0.2, -0.15) is 0 Å². The lowest BCUT2D eigenvalue weighted by Crippen LogP contribution is -2.27. The molecule has 0 saturated heterocycles. The van der Waals surface area contributed by atoms with Crippen LogP contribution in [-0.4, -0.2) is 38.9 Å². The first-order valence-electron chi connectivity index (χ1n) is 5.29. The van der Waals surface area contributed by atoms with Gasteiger partial charge in [0.15, 0.2) is 5.56 Å². The van der Waals surface area contributed by atoms with Crippen molar-refractivity contribution in [2.45, 2.75) is 0 Å². The summed E-state index contributed by atoms with van der Waals surface area (Å²) in [6, 6.07) is 0.918. The van der Waals surface area contributed by atoms with Crippen LogP contribution in [0.25, 0.3) is 0 Å². The molecule has 12 nitrogen and oxygen atoms in total. The number of aliphatic hydroxyl groups excluding tert-OH is 1. The highest BCUT2D eigenvalue weighted by Gasteiger charge is 2.34. The van der Waals surface area contributed by atoms with E-state index in [1.807, 2.05) is 5.32 Å². The summed E-state index contributed by atoms with van der Waals surface area (Å²) < 4.78 is 0. The van der Waals surface area contributed by atoms with Crippen LogP contribution in [0.4, 0.5) is 17.1 Å². The second-order valence-electron chi connectivity index (χ2n) is 3.61. The van der Waals surface area contributed by atoms with Crippen molar-refractivity contribution in [2.24, 2.45) is 0 Å².